The molecule has 0 radical (unpaired) electrons. The van der Waals surface area contributed by atoms with Crippen LogP contribution >= 0.6 is 0 Å². The zero-order valence-electron chi connectivity index (χ0n) is 20.2. The van der Waals surface area contributed by atoms with Crippen molar-refractivity contribution in [3.8, 4) is 11.6 Å². The number of nitrogens with zero attached hydrogens (tertiary/aromatic N) is 4. The van der Waals surface area contributed by atoms with Crippen LogP contribution in [0.4, 0.5) is 28.0 Å². The number of rotatable bonds is 5. The molecule has 2 aromatic heterocycles. The molecular weight excluding hydrogens is 542 g/mol. The highest BCUT2D eigenvalue weighted by molar-refractivity contribution is 7.91. The van der Waals surface area contributed by atoms with Gasteiger partial charge < -0.3 is 10.1 Å². The Morgan fingerprint density at radius 3 is 2.54 bits per heavy atom. The van der Waals surface area contributed by atoms with Crippen molar-refractivity contribution < 1.29 is 35.5 Å². The van der Waals surface area contributed by atoms with Crippen LogP contribution < -0.4 is 10.1 Å². The maximum Gasteiger partial charge on any atom is 0.419 e. The number of hydrogen-bond acceptors (Lipinski definition) is 7. The van der Waals surface area contributed by atoms with Crippen molar-refractivity contribution in [3.63, 3.8) is 0 Å². The van der Waals surface area contributed by atoms with Gasteiger partial charge in [-0.15, -0.1) is 0 Å². The molecule has 0 atom stereocenters. The molecule has 1 aliphatic rings. The Morgan fingerprint density at radius 1 is 1.03 bits per heavy atom. The number of alkyl halides is 3. The number of halogens is 4. The first-order valence-corrected chi connectivity index (χ1v) is 13.5. The van der Waals surface area contributed by atoms with Crippen LogP contribution in [-0.4, -0.2) is 58.5 Å². The number of aromatic nitrogens is 3. The first-order valence-electron chi connectivity index (χ1n) is 11.7. The molecule has 1 saturated heterocycles. The summed E-state index contributed by atoms with van der Waals surface area (Å²) in [4.78, 5) is 23.1. The van der Waals surface area contributed by atoms with E-state index < -0.39 is 33.4 Å². The van der Waals surface area contributed by atoms with E-state index >= 15 is 0 Å². The van der Waals surface area contributed by atoms with E-state index in [-0.39, 0.29) is 23.1 Å². The zero-order valence-corrected chi connectivity index (χ0v) is 21.0. The minimum Gasteiger partial charge on any atom is -0.439 e. The second-order valence-corrected chi connectivity index (χ2v) is 11.2. The van der Waals surface area contributed by atoms with Gasteiger partial charge in [0, 0.05) is 43.0 Å². The smallest absolute Gasteiger partial charge is 0.419 e. The van der Waals surface area contributed by atoms with Crippen LogP contribution in [-0.2, 0) is 22.6 Å². The summed E-state index contributed by atoms with van der Waals surface area (Å²) in [5.41, 5.74) is -0.559. The second kappa shape index (κ2) is 10.3. The lowest BCUT2D eigenvalue weighted by atomic mass is 10.2. The highest BCUT2D eigenvalue weighted by atomic mass is 32.2. The van der Waals surface area contributed by atoms with E-state index in [1.54, 1.807) is 30.3 Å². The third kappa shape index (κ3) is 6.17. The summed E-state index contributed by atoms with van der Waals surface area (Å²) in [7, 11) is -2.98. The minimum absolute atomic E-state index is 0.109. The van der Waals surface area contributed by atoms with Gasteiger partial charge >= 0.3 is 12.2 Å². The maximum atomic E-state index is 13.6. The molecule has 0 spiro atoms. The molecule has 0 saturated carbocycles. The number of carbonyl (C=O) groups is 1. The summed E-state index contributed by atoms with van der Waals surface area (Å²) < 4.78 is 82.9. The van der Waals surface area contributed by atoms with Crippen molar-refractivity contribution in [1.82, 2.24) is 19.4 Å². The highest BCUT2D eigenvalue weighted by Gasteiger charge is 2.34. The van der Waals surface area contributed by atoms with Crippen molar-refractivity contribution in [2.24, 2.45) is 0 Å². The van der Waals surface area contributed by atoms with Crippen LogP contribution in [0, 0.1) is 5.82 Å². The fraction of sp³-hybridized carbons (Fsp3) is 0.240. The van der Waals surface area contributed by atoms with Crippen molar-refractivity contribution in [3.05, 3.63) is 78.1 Å². The van der Waals surface area contributed by atoms with E-state index in [0.717, 1.165) is 6.07 Å². The number of hydrogen-bond donors (Lipinski definition) is 1. The van der Waals surface area contributed by atoms with Gasteiger partial charge in [-0.25, -0.2) is 27.6 Å². The molecule has 39 heavy (non-hydrogen) atoms. The summed E-state index contributed by atoms with van der Waals surface area (Å²) in [6.07, 6.45) is -2.10. The molecule has 5 rings (SSSR count). The maximum absolute atomic E-state index is 13.6. The third-order valence-electron chi connectivity index (χ3n) is 6.15. The van der Waals surface area contributed by atoms with Crippen LogP contribution in [0.15, 0.2) is 61.1 Å². The molecule has 0 bridgehead atoms. The standard InChI is InChI=1S/C25H21F4N5O4S/c26-21-3-1-17(12-20(21)25(27,28)29)32-24(35)34-6-5-16-11-19(2-4-22(16)34)38-23-13-18(30-15-31-23)14-33-7-9-39(36,37)10-8-33/h1-6,11-13,15H,7-10,14H2,(H,32,35). The monoisotopic (exact) mass is 563 g/mol. The molecule has 204 valence electrons. The normalized spacial score (nSPS) is 15.8. The average molecular weight is 564 g/mol. The molecule has 2 aromatic carbocycles. The summed E-state index contributed by atoms with van der Waals surface area (Å²) in [5.74, 6) is -0.521. The predicted octanol–water partition coefficient (Wildman–Crippen LogP) is 4.69. The Morgan fingerprint density at radius 2 is 1.79 bits per heavy atom. The van der Waals surface area contributed by atoms with Crippen LogP contribution in [0.5, 0.6) is 11.6 Å². The summed E-state index contributed by atoms with van der Waals surface area (Å²) in [6, 6.07) is 9.64. The Kier molecular flexibility index (Phi) is 6.99. The predicted molar refractivity (Wildman–Crippen MR) is 134 cm³/mol. The van der Waals surface area contributed by atoms with Gasteiger partial charge in [-0.3, -0.25) is 9.47 Å². The van der Waals surface area contributed by atoms with E-state index in [4.69, 9.17) is 4.74 Å². The molecule has 1 aliphatic heterocycles. The fourth-order valence-electron chi connectivity index (χ4n) is 4.14. The number of carbonyl (C=O) groups excluding carboxylic acids is 1. The lowest BCUT2D eigenvalue weighted by molar-refractivity contribution is -0.139. The molecule has 3 heterocycles. The number of amides is 1. The molecule has 9 nitrogen and oxygen atoms in total. The van der Waals surface area contributed by atoms with Gasteiger partial charge in [0.05, 0.1) is 28.3 Å². The Labute approximate surface area is 220 Å². The number of fused-ring (bicyclic) bond motifs is 1. The zero-order chi connectivity index (χ0) is 27.8. The van der Waals surface area contributed by atoms with Crippen molar-refractivity contribution >= 4 is 32.5 Å². The van der Waals surface area contributed by atoms with E-state index in [1.807, 2.05) is 4.90 Å². The quantitative estimate of drug-likeness (QED) is 0.351. The molecule has 14 heteroatoms. The average Bonchev–Trinajstić information content (AvgIpc) is 3.29. The number of benzene rings is 2. The van der Waals surface area contributed by atoms with Gasteiger partial charge in [0.2, 0.25) is 5.88 Å². The summed E-state index contributed by atoms with van der Waals surface area (Å²) in [6.45, 7) is 1.30. The fourth-order valence-corrected chi connectivity index (χ4v) is 5.42. The van der Waals surface area contributed by atoms with Crippen LogP contribution in [0.3, 0.4) is 0 Å². The van der Waals surface area contributed by atoms with Gasteiger partial charge in [-0.1, -0.05) is 0 Å². The summed E-state index contributed by atoms with van der Waals surface area (Å²) >= 11 is 0. The van der Waals surface area contributed by atoms with Gasteiger partial charge in [-0.05, 0) is 42.5 Å². The number of anilines is 1. The minimum atomic E-state index is -4.90. The Bertz CT molecular complexity index is 1640. The third-order valence-corrected chi connectivity index (χ3v) is 7.76. The molecule has 1 amide bonds. The van der Waals surface area contributed by atoms with Crippen molar-refractivity contribution in [2.75, 3.05) is 29.9 Å². The van der Waals surface area contributed by atoms with Crippen molar-refractivity contribution in [2.45, 2.75) is 12.7 Å². The van der Waals surface area contributed by atoms with Crippen LogP contribution in [0.1, 0.15) is 11.3 Å². The molecule has 0 aliphatic carbocycles. The highest BCUT2D eigenvalue weighted by Crippen LogP contribution is 2.33. The lowest BCUT2D eigenvalue weighted by Gasteiger charge is -2.25. The number of nitrogens with one attached hydrogen (secondary N) is 1. The molecular formula is C25H21F4N5O4S. The number of sulfone groups is 1. The first-order chi connectivity index (χ1) is 18.5. The molecule has 0 unspecified atom stereocenters. The van der Waals surface area contributed by atoms with Gasteiger partial charge in [-0.2, -0.15) is 13.2 Å². The largest absolute Gasteiger partial charge is 0.439 e. The van der Waals surface area contributed by atoms with Crippen LogP contribution in [0.25, 0.3) is 10.9 Å². The number of ether oxygens (including phenoxy) is 1. The molecule has 1 fully saturated rings. The first kappa shape index (κ1) is 26.6. The van der Waals surface area contributed by atoms with E-state index in [0.29, 0.717) is 54.1 Å². The molecule has 1 N–H and O–H groups in total. The van der Waals surface area contributed by atoms with Crippen LogP contribution in [0.2, 0.25) is 0 Å². The lowest BCUT2D eigenvalue weighted by Crippen LogP contribution is -2.39. The van der Waals surface area contributed by atoms with E-state index in [1.165, 1.54) is 17.1 Å². The van der Waals surface area contributed by atoms with Gasteiger partial charge in [0.15, 0.2) is 9.84 Å². The topological polar surface area (TPSA) is 106 Å². The Balaban J connectivity index is 1.28. The summed E-state index contributed by atoms with van der Waals surface area (Å²) in [5, 5.41) is 2.96. The SMILES string of the molecule is O=C(Nc1ccc(F)c(C(F)(F)F)c1)n1ccc2cc(Oc3cc(CN4CCS(=O)(=O)CC4)ncn3)ccc21. The van der Waals surface area contributed by atoms with Gasteiger partial charge in [0.1, 0.15) is 17.9 Å². The van der Waals surface area contributed by atoms with Crippen molar-refractivity contribution in [1.29, 1.82) is 0 Å². The Hall–Kier alpha value is -4.04. The van der Waals surface area contributed by atoms with Gasteiger partial charge in [0.25, 0.3) is 0 Å². The van der Waals surface area contributed by atoms with E-state index in [2.05, 4.69) is 15.3 Å². The molecule has 4 aromatic rings. The second-order valence-electron chi connectivity index (χ2n) is 8.91. The van der Waals surface area contributed by atoms with E-state index in [9.17, 15) is 30.8 Å².